The van der Waals surface area contributed by atoms with Crippen molar-refractivity contribution in [3.8, 4) is 11.5 Å². The van der Waals surface area contributed by atoms with E-state index in [4.69, 9.17) is 4.74 Å². The first-order valence-corrected chi connectivity index (χ1v) is 10.1. The number of piperazine rings is 1. The van der Waals surface area contributed by atoms with E-state index in [9.17, 15) is 20.1 Å². The predicted octanol–water partition coefficient (Wildman–Crippen LogP) is 2.27. The quantitative estimate of drug-likeness (QED) is 0.391. The molecule has 5 rings (SSSR count). The topological polar surface area (TPSA) is 118 Å². The summed E-state index contributed by atoms with van der Waals surface area (Å²) in [5.41, 5.74) is 0.597. The third kappa shape index (κ3) is 2.45. The maximum absolute atomic E-state index is 12.3. The third-order valence-corrected chi connectivity index (χ3v) is 7.01. The molecule has 2 aromatic rings. The number of ether oxygens (including phenoxy) is 1. The minimum Gasteiger partial charge on any atom is -0.505 e. The number of carbonyl (C=O) groups excluding carboxylic acids is 1. The van der Waals surface area contributed by atoms with Gasteiger partial charge in [0, 0.05) is 36.4 Å². The van der Waals surface area contributed by atoms with Gasteiger partial charge in [0.25, 0.3) is 5.91 Å². The van der Waals surface area contributed by atoms with Crippen molar-refractivity contribution < 1.29 is 24.9 Å². The monoisotopic (exact) mass is 424 g/mol. The van der Waals surface area contributed by atoms with E-state index in [0.29, 0.717) is 28.9 Å². The molecule has 3 N–H and O–H groups in total. The van der Waals surface area contributed by atoms with Crippen LogP contribution in [0.25, 0.3) is 0 Å². The van der Waals surface area contributed by atoms with E-state index < -0.39 is 17.6 Å². The number of nitrogens with zero attached hydrogens (tertiary/aromatic N) is 4. The van der Waals surface area contributed by atoms with Crippen LogP contribution in [0.3, 0.4) is 0 Å². The normalized spacial score (nSPS) is 30.4. The van der Waals surface area contributed by atoms with Crippen LogP contribution in [-0.2, 0) is 4.74 Å². The molecule has 0 aromatic heterocycles. The van der Waals surface area contributed by atoms with E-state index in [0.717, 1.165) is 0 Å². The molecule has 2 aromatic carbocycles. The molecule has 2 saturated heterocycles. The number of aromatic hydroxyl groups is 2. The SMILES string of the molecule is CO[C@@]12[C@H](CO)c3c(O)c(N=NC(=O)c4ccccc4)c(C)c(O)c3N1C[C@H]1[C@@H]2N1C. The minimum atomic E-state index is -0.895. The van der Waals surface area contributed by atoms with E-state index in [1.165, 1.54) is 0 Å². The summed E-state index contributed by atoms with van der Waals surface area (Å²) in [7, 11) is 3.57. The predicted molar refractivity (Wildman–Crippen MR) is 112 cm³/mol. The number of amides is 1. The van der Waals surface area contributed by atoms with Gasteiger partial charge >= 0.3 is 0 Å². The summed E-state index contributed by atoms with van der Waals surface area (Å²) in [6, 6.07) is 8.76. The average molecular weight is 424 g/mol. The summed E-state index contributed by atoms with van der Waals surface area (Å²) < 4.78 is 5.97. The Morgan fingerprint density at radius 1 is 1.26 bits per heavy atom. The molecule has 9 nitrogen and oxygen atoms in total. The largest absolute Gasteiger partial charge is 0.505 e. The molecule has 1 unspecified atom stereocenters. The van der Waals surface area contributed by atoms with Crippen LogP contribution in [0.5, 0.6) is 11.5 Å². The van der Waals surface area contributed by atoms with E-state index in [1.807, 2.05) is 11.9 Å². The van der Waals surface area contributed by atoms with Crippen LogP contribution in [-0.4, -0.2) is 71.2 Å². The standard InChI is InChI=1S/C22H24N4O5/c1-11-16(23-24-21(30)12-7-5-4-6-8-12)19(29)15-13(10-27)22(31-3)20-14(25(20)2)9-26(22)17(15)18(11)28/h4-8,13-14,20,27-29H,9-10H2,1-3H3/t13-,14+,20+,22-,25?/m1/s1. The summed E-state index contributed by atoms with van der Waals surface area (Å²) in [5, 5.41) is 40.2. The molecule has 31 heavy (non-hydrogen) atoms. The molecule has 0 radical (unpaired) electrons. The Balaban J connectivity index is 1.62. The fourth-order valence-corrected chi connectivity index (χ4v) is 5.45. The second-order valence-corrected chi connectivity index (χ2v) is 8.28. The van der Waals surface area contributed by atoms with Crippen molar-refractivity contribution in [1.82, 2.24) is 4.90 Å². The van der Waals surface area contributed by atoms with Crippen molar-refractivity contribution in [3.63, 3.8) is 0 Å². The van der Waals surface area contributed by atoms with Crippen molar-refractivity contribution in [1.29, 1.82) is 0 Å². The molecule has 0 saturated carbocycles. The van der Waals surface area contributed by atoms with Gasteiger partial charge in [-0.1, -0.05) is 18.2 Å². The number of methoxy groups -OCH3 is 1. The lowest BCUT2D eigenvalue weighted by Gasteiger charge is -2.39. The number of aliphatic hydroxyl groups is 1. The summed E-state index contributed by atoms with van der Waals surface area (Å²) in [5.74, 6) is -1.43. The molecule has 3 aliphatic heterocycles. The molecule has 0 spiro atoms. The molecule has 3 aliphatic rings. The first kappa shape index (κ1) is 19.9. The van der Waals surface area contributed by atoms with Crippen LogP contribution in [0.2, 0.25) is 0 Å². The zero-order valence-electron chi connectivity index (χ0n) is 17.5. The van der Waals surface area contributed by atoms with E-state index in [2.05, 4.69) is 15.1 Å². The highest BCUT2D eigenvalue weighted by Gasteiger charge is 2.73. The second kappa shape index (κ2) is 6.74. The number of rotatable bonds is 4. The number of likely N-dealkylation sites (N-methyl/N-ethyl adjacent to an activating group) is 1. The smallest absolute Gasteiger partial charge is 0.295 e. The molecular weight excluding hydrogens is 400 g/mol. The maximum Gasteiger partial charge on any atom is 0.295 e. The fourth-order valence-electron chi connectivity index (χ4n) is 5.45. The Hall–Kier alpha value is -3.01. The van der Waals surface area contributed by atoms with Gasteiger partial charge in [0.15, 0.2) is 5.72 Å². The number of aliphatic hydroxyl groups excluding tert-OH is 1. The highest BCUT2D eigenvalue weighted by molar-refractivity contribution is 5.95. The van der Waals surface area contributed by atoms with Gasteiger partial charge in [-0.25, -0.2) is 0 Å². The molecule has 9 heteroatoms. The van der Waals surface area contributed by atoms with E-state index >= 15 is 0 Å². The van der Waals surface area contributed by atoms with Crippen LogP contribution < -0.4 is 4.90 Å². The minimum absolute atomic E-state index is 0.00658. The molecule has 0 bridgehead atoms. The first-order valence-electron chi connectivity index (χ1n) is 10.1. The molecule has 1 amide bonds. The number of anilines is 1. The van der Waals surface area contributed by atoms with E-state index in [1.54, 1.807) is 44.4 Å². The maximum atomic E-state index is 12.3. The summed E-state index contributed by atoms with van der Waals surface area (Å²) in [6.07, 6.45) is 0. The number of benzene rings is 2. The third-order valence-electron chi connectivity index (χ3n) is 7.01. The molecular formula is C22H24N4O5. The molecule has 3 heterocycles. The first-order chi connectivity index (χ1) is 14.9. The lowest BCUT2D eigenvalue weighted by molar-refractivity contribution is -0.0418. The lowest BCUT2D eigenvalue weighted by Crippen LogP contribution is -2.54. The zero-order chi connectivity index (χ0) is 22.1. The van der Waals surface area contributed by atoms with Crippen LogP contribution in [0.1, 0.15) is 27.4 Å². The summed E-state index contributed by atoms with van der Waals surface area (Å²) in [6.45, 7) is 1.93. The van der Waals surface area contributed by atoms with Crippen molar-refractivity contribution in [2.75, 3.05) is 32.2 Å². The number of azo groups is 1. The number of hydrogen-bond acceptors (Lipinski definition) is 8. The van der Waals surface area contributed by atoms with Gasteiger partial charge in [0.05, 0.1) is 24.3 Å². The van der Waals surface area contributed by atoms with Gasteiger partial charge in [0.1, 0.15) is 17.2 Å². The second-order valence-electron chi connectivity index (χ2n) is 8.28. The lowest BCUT2D eigenvalue weighted by atomic mass is 9.88. The van der Waals surface area contributed by atoms with Crippen molar-refractivity contribution >= 4 is 17.3 Å². The van der Waals surface area contributed by atoms with Gasteiger partial charge < -0.3 is 25.0 Å². The summed E-state index contributed by atoms with van der Waals surface area (Å²) in [4.78, 5) is 16.4. The van der Waals surface area contributed by atoms with Crippen LogP contribution in [0.15, 0.2) is 40.6 Å². The Labute approximate surface area is 179 Å². The van der Waals surface area contributed by atoms with Crippen molar-refractivity contribution in [2.24, 2.45) is 10.2 Å². The number of carbonyl (C=O) groups is 1. The van der Waals surface area contributed by atoms with Crippen LogP contribution in [0.4, 0.5) is 11.4 Å². The number of phenols is 2. The molecule has 5 atom stereocenters. The average Bonchev–Trinajstić information content (AvgIpc) is 3.16. The Bertz CT molecular complexity index is 1110. The van der Waals surface area contributed by atoms with Gasteiger partial charge in [0.2, 0.25) is 0 Å². The number of fused-ring (bicyclic) bond motifs is 5. The van der Waals surface area contributed by atoms with Gasteiger partial charge in [-0.05, 0) is 26.1 Å². The fraction of sp³-hybridized carbons (Fsp3) is 0.409. The molecule has 162 valence electrons. The number of hydrogen-bond donors (Lipinski definition) is 3. The molecule has 2 fully saturated rings. The van der Waals surface area contributed by atoms with Crippen molar-refractivity contribution in [2.45, 2.75) is 30.7 Å². The Kier molecular flexibility index (Phi) is 4.34. The molecule has 0 aliphatic carbocycles. The highest BCUT2D eigenvalue weighted by Crippen LogP contribution is 2.65. The van der Waals surface area contributed by atoms with E-state index in [-0.39, 0.29) is 35.9 Å². The van der Waals surface area contributed by atoms with Gasteiger partial charge in [-0.2, -0.15) is 0 Å². The van der Waals surface area contributed by atoms with Gasteiger partial charge in [-0.15, -0.1) is 10.2 Å². The van der Waals surface area contributed by atoms with Crippen LogP contribution in [0, 0.1) is 6.92 Å². The zero-order valence-corrected chi connectivity index (χ0v) is 17.5. The Morgan fingerprint density at radius 3 is 2.61 bits per heavy atom. The highest BCUT2D eigenvalue weighted by atomic mass is 16.5. The van der Waals surface area contributed by atoms with Crippen LogP contribution >= 0.6 is 0 Å². The van der Waals surface area contributed by atoms with Gasteiger partial charge in [-0.3, -0.25) is 9.69 Å². The number of phenolic OH excluding ortho intramolecular Hbond substituents is 2. The van der Waals surface area contributed by atoms with Crippen molar-refractivity contribution in [3.05, 3.63) is 47.0 Å². The Morgan fingerprint density at radius 2 is 1.97 bits per heavy atom. The summed E-state index contributed by atoms with van der Waals surface area (Å²) >= 11 is 0.